The molecule has 5 nitrogen and oxygen atoms in total. The van der Waals surface area contributed by atoms with E-state index in [1.807, 2.05) is 12.1 Å². The van der Waals surface area contributed by atoms with Crippen molar-refractivity contribution in [2.45, 2.75) is 6.61 Å². The number of nitrogens with zero attached hydrogens (tertiary/aromatic N) is 1. The minimum Gasteiger partial charge on any atom is -0.579 e. The summed E-state index contributed by atoms with van der Waals surface area (Å²) in [6.45, 7) is 0.352. The molecule has 100 valence electrons. The number of hydrogen-bond acceptors (Lipinski definition) is 5. The van der Waals surface area contributed by atoms with Crippen molar-refractivity contribution in [3.05, 3.63) is 64.6 Å². The number of aromatic nitrogens is 1. The van der Waals surface area contributed by atoms with Crippen LogP contribution in [0.5, 0.6) is 11.7 Å². The maximum Gasteiger partial charge on any atom is 1.00 e. The molecule has 0 saturated carbocycles. The zero-order valence-electron chi connectivity index (χ0n) is 11.4. The van der Waals surface area contributed by atoms with Gasteiger partial charge in [-0.2, -0.15) is 0 Å². The molecule has 0 radical (unpaired) electrons. The third kappa shape index (κ3) is 3.64. The molecule has 0 atom stereocenters. The fraction of sp³-hybridized carbons (Fsp3) is 0.0667. The minimum atomic E-state index is -0.647. The van der Waals surface area contributed by atoms with Gasteiger partial charge in [0.15, 0.2) is 5.43 Å². The van der Waals surface area contributed by atoms with Gasteiger partial charge in [-0.05, 0) is 24.3 Å². The molecule has 3 aromatic rings. The van der Waals surface area contributed by atoms with Gasteiger partial charge in [0.05, 0.1) is 5.95 Å². The molecule has 2 heterocycles. The molecule has 6 heteroatoms. The van der Waals surface area contributed by atoms with Crippen molar-refractivity contribution in [2.75, 3.05) is 0 Å². The molecule has 0 amide bonds. The average molecular weight is 291 g/mol. The van der Waals surface area contributed by atoms with E-state index >= 15 is 0 Å². The number of benzene rings is 1. The Morgan fingerprint density at radius 1 is 1.24 bits per heavy atom. The summed E-state index contributed by atoms with van der Waals surface area (Å²) < 4.78 is 10.5. The molecule has 3 rings (SSSR count). The monoisotopic (exact) mass is 291 g/mol. The van der Waals surface area contributed by atoms with E-state index in [-0.39, 0.29) is 40.6 Å². The van der Waals surface area contributed by atoms with Crippen molar-refractivity contribution in [2.24, 2.45) is 0 Å². The summed E-state index contributed by atoms with van der Waals surface area (Å²) in [6.07, 6.45) is 3.39. The van der Waals surface area contributed by atoms with Gasteiger partial charge in [0.25, 0.3) is 0 Å². The van der Waals surface area contributed by atoms with Crippen molar-refractivity contribution in [1.29, 1.82) is 0 Å². The second kappa shape index (κ2) is 6.76. The van der Waals surface area contributed by atoms with Gasteiger partial charge in [-0.3, -0.25) is 9.78 Å². The van der Waals surface area contributed by atoms with E-state index in [9.17, 15) is 9.90 Å². The van der Waals surface area contributed by atoms with Crippen molar-refractivity contribution >= 4 is 11.0 Å². The average Bonchev–Trinajstić information content (AvgIpc) is 2.46. The van der Waals surface area contributed by atoms with Gasteiger partial charge in [0, 0.05) is 35.0 Å². The molecule has 2 aromatic heterocycles. The number of ether oxygens (including phenoxy) is 1. The zero-order valence-corrected chi connectivity index (χ0v) is 13.4. The van der Waals surface area contributed by atoms with E-state index in [0.717, 1.165) is 11.6 Å². The summed E-state index contributed by atoms with van der Waals surface area (Å²) in [6, 6.07) is 9.41. The number of fused-ring (bicyclic) bond motifs is 1. The van der Waals surface area contributed by atoms with Crippen LogP contribution in [-0.2, 0) is 6.61 Å². The van der Waals surface area contributed by atoms with E-state index in [0.29, 0.717) is 17.7 Å². The van der Waals surface area contributed by atoms with Gasteiger partial charge in [-0.15, -0.1) is 0 Å². The molecule has 0 fully saturated rings. The van der Waals surface area contributed by atoms with Crippen molar-refractivity contribution in [1.82, 2.24) is 4.98 Å². The van der Waals surface area contributed by atoms with E-state index < -0.39 is 5.95 Å². The van der Waals surface area contributed by atoms with Gasteiger partial charge >= 0.3 is 29.6 Å². The van der Waals surface area contributed by atoms with Crippen LogP contribution in [-0.4, -0.2) is 4.98 Å². The summed E-state index contributed by atoms with van der Waals surface area (Å²) in [4.78, 5) is 15.7. The van der Waals surface area contributed by atoms with Crippen molar-refractivity contribution < 1.29 is 43.8 Å². The Labute approximate surface area is 142 Å². The maximum absolute atomic E-state index is 11.7. The van der Waals surface area contributed by atoms with Crippen LogP contribution in [0.15, 0.2) is 58.0 Å². The Morgan fingerprint density at radius 3 is 2.86 bits per heavy atom. The van der Waals surface area contributed by atoms with E-state index in [4.69, 9.17) is 9.15 Å². The van der Waals surface area contributed by atoms with E-state index in [2.05, 4.69) is 4.98 Å². The van der Waals surface area contributed by atoms with Crippen LogP contribution in [0.1, 0.15) is 5.56 Å². The van der Waals surface area contributed by atoms with Crippen LogP contribution >= 0.6 is 0 Å². The molecule has 21 heavy (non-hydrogen) atoms. The fourth-order valence-electron chi connectivity index (χ4n) is 1.85. The molecule has 1 aromatic carbocycles. The minimum absolute atomic E-state index is 0. The Bertz CT molecular complexity index is 802. The first-order chi connectivity index (χ1) is 9.72. The second-order valence-corrected chi connectivity index (χ2v) is 4.24. The first-order valence-electron chi connectivity index (χ1n) is 5.99. The third-order valence-electron chi connectivity index (χ3n) is 2.80. The summed E-state index contributed by atoms with van der Waals surface area (Å²) in [5.74, 6) is -0.112. The predicted octanol–water partition coefficient (Wildman–Crippen LogP) is -1.16. The van der Waals surface area contributed by atoms with Crippen LogP contribution in [0.25, 0.3) is 11.0 Å². The van der Waals surface area contributed by atoms with Crippen LogP contribution in [0, 0.1) is 0 Å². The molecule has 0 spiro atoms. The second-order valence-electron chi connectivity index (χ2n) is 4.24. The summed E-state index contributed by atoms with van der Waals surface area (Å²) in [5, 5.41) is 11.4. The number of hydrogen-bond donors (Lipinski definition) is 0. The van der Waals surface area contributed by atoms with E-state index in [1.165, 1.54) is 0 Å². The third-order valence-corrected chi connectivity index (χ3v) is 2.80. The van der Waals surface area contributed by atoms with Gasteiger partial charge < -0.3 is 14.3 Å². The van der Waals surface area contributed by atoms with Gasteiger partial charge in [-0.1, -0.05) is 6.07 Å². The first-order valence-corrected chi connectivity index (χ1v) is 5.99. The first kappa shape index (κ1) is 15.6. The van der Waals surface area contributed by atoms with Crippen molar-refractivity contribution in [3.63, 3.8) is 0 Å². The Morgan fingerprint density at radius 2 is 2.10 bits per heavy atom. The van der Waals surface area contributed by atoms with Crippen LogP contribution in [0.3, 0.4) is 0 Å². The molecule has 0 bridgehead atoms. The fourth-order valence-corrected chi connectivity index (χ4v) is 1.85. The van der Waals surface area contributed by atoms with Crippen molar-refractivity contribution in [3.8, 4) is 11.7 Å². The maximum atomic E-state index is 11.7. The smallest absolute Gasteiger partial charge is 0.579 e. The van der Waals surface area contributed by atoms with Gasteiger partial charge in [-0.25, -0.2) is 0 Å². The molecule has 0 aliphatic rings. The van der Waals surface area contributed by atoms with Gasteiger partial charge in [0.1, 0.15) is 12.4 Å². The summed E-state index contributed by atoms with van der Waals surface area (Å²) in [7, 11) is 0. The Hall–Kier alpha value is -1.82. The molecule has 0 aliphatic carbocycles. The van der Waals surface area contributed by atoms with Crippen LogP contribution in [0.2, 0.25) is 0 Å². The summed E-state index contributed by atoms with van der Waals surface area (Å²) in [5.41, 5.74) is 0.814. The number of pyridine rings is 1. The molecule has 0 unspecified atom stereocenters. The molecular formula is C15H10NNaO4. The van der Waals surface area contributed by atoms with Gasteiger partial charge in [0.2, 0.25) is 0 Å². The molecule has 0 N–H and O–H groups in total. The molecule has 0 saturated heterocycles. The Kier molecular flexibility index (Phi) is 5.01. The van der Waals surface area contributed by atoms with Crippen LogP contribution < -0.4 is 44.8 Å². The topological polar surface area (TPSA) is 75.4 Å². The zero-order chi connectivity index (χ0) is 13.9. The Balaban J connectivity index is 0.00000161. The summed E-state index contributed by atoms with van der Waals surface area (Å²) >= 11 is 0. The molecule has 0 aliphatic heterocycles. The normalized spacial score (nSPS) is 10.1. The predicted molar refractivity (Wildman–Crippen MR) is 70.5 cm³/mol. The largest absolute Gasteiger partial charge is 1.00 e. The standard InChI is InChI=1S/C15H11NO4.Na/c17-13-7-15(18)20-14-4-3-11(6-12(13)14)19-9-10-2-1-5-16-8-10;/h1-8,18H,9H2;/q;+1/p-1. The number of rotatable bonds is 3. The molecular weight excluding hydrogens is 281 g/mol. The SMILES string of the molecule is O=c1cc([O-])oc2ccc(OCc3cccnc3)cc12.[Na+]. The van der Waals surface area contributed by atoms with Crippen LogP contribution in [0.4, 0.5) is 0 Å². The van der Waals surface area contributed by atoms with E-state index in [1.54, 1.807) is 30.6 Å². The quantitative estimate of drug-likeness (QED) is 0.569.